The van der Waals surface area contributed by atoms with E-state index >= 15 is 0 Å². The summed E-state index contributed by atoms with van der Waals surface area (Å²) in [6.07, 6.45) is 11.5. The lowest BCUT2D eigenvalue weighted by Crippen LogP contribution is -2.46. The van der Waals surface area contributed by atoms with Crippen LogP contribution in [0, 0.1) is 5.92 Å². The summed E-state index contributed by atoms with van der Waals surface area (Å²) in [7, 11) is 1.89. The van der Waals surface area contributed by atoms with Gasteiger partial charge in [0.1, 0.15) is 0 Å². The van der Waals surface area contributed by atoms with E-state index in [-0.39, 0.29) is 0 Å². The summed E-state index contributed by atoms with van der Waals surface area (Å²) >= 11 is 0. The molecule has 1 aliphatic heterocycles. The van der Waals surface area contributed by atoms with Gasteiger partial charge in [0.05, 0.1) is 6.10 Å². The molecule has 1 N–H and O–H groups in total. The highest BCUT2D eigenvalue weighted by molar-refractivity contribution is 4.92. The number of piperidine rings is 1. The first-order valence-corrected chi connectivity index (χ1v) is 8.36. The van der Waals surface area contributed by atoms with Crippen molar-refractivity contribution in [2.75, 3.05) is 26.7 Å². The number of ether oxygens (including phenoxy) is 1. The minimum atomic E-state index is 0.518. The van der Waals surface area contributed by atoms with E-state index in [0.29, 0.717) is 6.10 Å². The van der Waals surface area contributed by atoms with E-state index in [0.717, 1.165) is 18.0 Å². The van der Waals surface area contributed by atoms with Crippen LogP contribution < -0.4 is 5.32 Å². The average Bonchev–Trinajstić information content (AvgIpc) is 3.30. The van der Waals surface area contributed by atoms with Crippen molar-refractivity contribution in [3.8, 4) is 0 Å². The van der Waals surface area contributed by atoms with Crippen molar-refractivity contribution in [3.63, 3.8) is 0 Å². The summed E-state index contributed by atoms with van der Waals surface area (Å²) in [6.45, 7) is 3.80. The third kappa shape index (κ3) is 3.71. The van der Waals surface area contributed by atoms with Gasteiger partial charge in [-0.05, 0) is 70.4 Å². The van der Waals surface area contributed by atoms with Crippen LogP contribution in [0.1, 0.15) is 51.4 Å². The maximum Gasteiger partial charge on any atom is 0.0586 e. The van der Waals surface area contributed by atoms with Crippen LogP contribution in [0.25, 0.3) is 0 Å². The number of rotatable bonds is 5. The summed E-state index contributed by atoms with van der Waals surface area (Å²) in [5, 5.41) is 3.57. The van der Waals surface area contributed by atoms with Crippen LogP contribution in [0.5, 0.6) is 0 Å². The van der Waals surface area contributed by atoms with Crippen molar-refractivity contribution in [2.24, 2.45) is 5.92 Å². The molecule has 110 valence electrons. The third-order valence-electron chi connectivity index (χ3n) is 5.28. The van der Waals surface area contributed by atoms with Crippen molar-refractivity contribution >= 4 is 0 Å². The Morgan fingerprint density at radius 1 is 1.05 bits per heavy atom. The molecule has 0 amide bonds. The van der Waals surface area contributed by atoms with Crippen LogP contribution in [0.3, 0.4) is 0 Å². The Morgan fingerprint density at radius 2 is 1.95 bits per heavy atom. The molecule has 3 aliphatic rings. The van der Waals surface area contributed by atoms with Crippen LogP contribution in [0.4, 0.5) is 0 Å². The fraction of sp³-hybridized carbons (Fsp3) is 1.00. The third-order valence-corrected chi connectivity index (χ3v) is 5.28. The molecular weight excluding hydrogens is 236 g/mol. The number of hydrogen-bond donors (Lipinski definition) is 1. The zero-order valence-electron chi connectivity index (χ0n) is 12.4. The molecule has 0 spiro atoms. The van der Waals surface area contributed by atoms with Gasteiger partial charge in [0.15, 0.2) is 0 Å². The second kappa shape index (κ2) is 6.55. The van der Waals surface area contributed by atoms with Gasteiger partial charge in [-0.1, -0.05) is 0 Å². The maximum absolute atomic E-state index is 5.62. The number of hydrogen-bond acceptors (Lipinski definition) is 3. The molecule has 19 heavy (non-hydrogen) atoms. The Hall–Kier alpha value is -0.120. The fourth-order valence-corrected chi connectivity index (χ4v) is 4.02. The molecule has 0 aromatic carbocycles. The van der Waals surface area contributed by atoms with Crippen LogP contribution in [0.2, 0.25) is 0 Å². The van der Waals surface area contributed by atoms with E-state index in [9.17, 15) is 0 Å². The Bertz CT molecular complexity index is 274. The predicted molar refractivity (Wildman–Crippen MR) is 78.4 cm³/mol. The molecule has 3 atom stereocenters. The Balaban J connectivity index is 1.56. The monoisotopic (exact) mass is 266 g/mol. The first-order valence-electron chi connectivity index (χ1n) is 8.36. The van der Waals surface area contributed by atoms with E-state index in [1.807, 2.05) is 7.11 Å². The molecule has 2 aliphatic carbocycles. The van der Waals surface area contributed by atoms with Crippen molar-refractivity contribution in [1.82, 2.24) is 10.2 Å². The van der Waals surface area contributed by atoms with E-state index in [4.69, 9.17) is 4.74 Å². The molecule has 3 heteroatoms. The standard InChI is InChI=1S/C16H30N2O/c1-19-16-6-2-5-15(10-16)18(14-7-8-14)12-13-4-3-9-17-11-13/h13-17H,2-12H2,1H3. The zero-order valence-corrected chi connectivity index (χ0v) is 12.4. The van der Waals surface area contributed by atoms with E-state index in [2.05, 4.69) is 10.2 Å². The molecule has 3 rings (SSSR count). The van der Waals surface area contributed by atoms with Gasteiger partial charge in [-0.15, -0.1) is 0 Å². The number of nitrogens with zero attached hydrogens (tertiary/aromatic N) is 1. The van der Waals surface area contributed by atoms with E-state index < -0.39 is 0 Å². The molecule has 1 heterocycles. The minimum absolute atomic E-state index is 0.518. The lowest BCUT2D eigenvalue weighted by atomic mass is 9.90. The summed E-state index contributed by atoms with van der Waals surface area (Å²) in [6, 6.07) is 1.70. The van der Waals surface area contributed by atoms with Gasteiger partial charge in [0.2, 0.25) is 0 Å². The number of nitrogens with one attached hydrogen (secondary N) is 1. The molecule has 3 nitrogen and oxygen atoms in total. The highest BCUT2D eigenvalue weighted by atomic mass is 16.5. The molecule has 3 fully saturated rings. The molecule has 1 saturated heterocycles. The van der Waals surface area contributed by atoms with Crippen LogP contribution in [-0.4, -0.2) is 49.8 Å². The first kappa shape index (κ1) is 13.8. The number of methoxy groups -OCH3 is 1. The normalized spacial score (nSPS) is 36.6. The Labute approximate surface area is 118 Å². The lowest BCUT2D eigenvalue weighted by Gasteiger charge is -2.40. The largest absolute Gasteiger partial charge is 0.381 e. The second-order valence-corrected chi connectivity index (χ2v) is 6.82. The minimum Gasteiger partial charge on any atom is -0.381 e. The SMILES string of the molecule is COC1CCCC(N(CC2CCCNC2)C2CC2)C1. The van der Waals surface area contributed by atoms with Gasteiger partial charge in [-0.25, -0.2) is 0 Å². The van der Waals surface area contributed by atoms with E-state index in [1.165, 1.54) is 71.0 Å². The second-order valence-electron chi connectivity index (χ2n) is 6.82. The van der Waals surface area contributed by atoms with Gasteiger partial charge < -0.3 is 10.1 Å². The van der Waals surface area contributed by atoms with Gasteiger partial charge in [0, 0.05) is 25.7 Å². The molecule has 0 radical (unpaired) electrons. The zero-order chi connectivity index (χ0) is 13.1. The predicted octanol–water partition coefficient (Wildman–Crippen LogP) is 2.41. The topological polar surface area (TPSA) is 24.5 Å². The summed E-state index contributed by atoms with van der Waals surface area (Å²) < 4.78 is 5.62. The highest BCUT2D eigenvalue weighted by Gasteiger charge is 2.37. The molecule has 0 aromatic heterocycles. The highest BCUT2D eigenvalue weighted by Crippen LogP contribution is 2.35. The molecule has 0 aromatic rings. The van der Waals surface area contributed by atoms with Crippen LogP contribution in [0.15, 0.2) is 0 Å². The summed E-state index contributed by atoms with van der Waals surface area (Å²) in [5.41, 5.74) is 0. The van der Waals surface area contributed by atoms with Crippen molar-refractivity contribution in [2.45, 2.75) is 69.6 Å². The summed E-state index contributed by atoms with van der Waals surface area (Å²) in [5.74, 6) is 0.886. The molecule has 0 bridgehead atoms. The maximum atomic E-state index is 5.62. The average molecular weight is 266 g/mol. The summed E-state index contributed by atoms with van der Waals surface area (Å²) in [4.78, 5) is 2.86. The van der Waals surface area contributed by atoms with Gasteiger partial charge >= 0.3 is 0 Å². The van der Waals surface area contributed by atoms with Gasteiger partial charge in [0.25, 0.3) is 0 Å². The molecule has 2 saturated carbocycles. The molecule has 3 unspecified atom stereocenters. The van der Waals surface area contributed by atoms with Gasteiger partial charge in [-0.2, -0.15) is 0 Å². The fourth-order valence-electron chi connectivity index (χ4n) is 4.02. The molecular formula is C16H30N2O. The Morgan fingerprint density at radius 3 is 2.63 bits per heavy atom. The van der Waals surface area contributed by atoms with Crippen LogP contribution >= 0.6 is 0 Å². The van der Waals surface area contributed by atoms with Crippen molar-refractivity contribution < 1.29 is 4.74 Å². The van der Waals surface area contributed by atoms with Crippen molar-refractivity contribution in [3.05, 3.63) is 0 Å². The quantitative estimate of drug-likeness (QED) is 0.827. The van der Waals surface area contributed by atoms with E-state index in [1.54, 1.807) is 0 Å². The Kier molecular flexibility index (Phi) is 4.78. The smallest absolute Gasteiger partial charge is 0.0586 e. The van der Waals surface area contributed by atoms with Gasteiger partial charge in [-0.3, -0.25) is 4.90 Å². The first-order chi connectivity index (χ1) is 9.36. The van der Waals surface area contributed by atoms with Crippen LogP contribution in [-0.2, 0) is 4.74 Å². The van der Waals surface area contributed by atoms with Crippen molar-refractivity contribution in [1.29, 1.82) is 0 Å². The lowest BCUT2D eigenvalue weighted by molar-refractivity contribution is 0.0194.